The number of hydrogen-bond acceptors (Lipinski definition) is 7. The molecule has 4 rings (SSSR count). The molecule has 0 spiro atoms. The molecule has 0 aliphatic carbocycles. The van der Waals surface area contributed by atoms with E-state index in [0.29, 0.717) is 62.6 Å². The first-order valence-corrected chi connectivity index (χ1v) is 18.6. The zero-order chi connectivity index (χ0) is 34.1. The van der Waals surface area contributed by atoms with Gasteiger partial charge >= 0.3 is 0 Å². The SMILES string of the molecule is CC(=O)N1CCC(CN(C)C(=O)C[C@@H](CS(=O)(=O)Cc2ccccc2)C(=O)N2CCC[C@H]2C(=O)CCc2cc(Cl)ccc2CN)CC1. The summed E-state index contributed by atoms with van der Waals surface area (Å²) in [6.07, 6.45) is 2.98. The summed E-state index contributed by atoms with van der Waals surface area (Å²) >= 11 is 6.18. The number of carbonyl (C=O) groups excluding carboxylic acids is 4. The Balaban J connectivity index is 1.47. The van der Waals surface area contributed by atoms with Crippen molar-refractivity contribution in [3.05, 3.63) is 70.2 Å². The van der Waals surface area contributed by atoms with E-state index in [2.05, 4.69) is 0 Å². The molecule has 0 bridgehead atoms. The van der Waals surface area contributed by atoms with Crippen LogP contribution in [0.15, 0.2) is 48.5 Å². The van der Waals surface area contributed by atoms with Gasteiger partial charge in [0.1, 0.15) is 0 Å². The summed E-state index contributed by atoms with van der Waals surface area (Å²) in [5.41, 5.74) is 8.26. The number of halogens is 1. The second-order valence-electron chi connectivity index (χ2n) is 12.9. The van der Waals surface area contributed by atoms with Crippen LogP contribution in [0.3, 0.4) is 0 Å². The largest absolute Gasteiger partial charge is 0.345 e. The molecule has 2 aliphatic rings. The van der Waals surface area contributed by atoms with E-state index in [1.54, 1.807) is 66.2 Å². The zero-order valence-corrected chi connectivity index (χ0v) is 29.0. The number of likely N-dealkylation sites (tertiary alicyclic amines) is 2. The highest BCUT2D eigenvalue weighted by atomic mass is 35.5. The topological polar surface area (TPSA) is 138 Å². The average molecular weight is 687 g/mol. The maximum atomic E-state index is 14.1. The Bertz CT molecular complexity index is 1530. The molecule has 2 heterocycles. The Morgan fingerprint density at radius 2 is 1.70 bits per heavy atom. The molecule has 2 aromatic rings. The molecule has 47 heavy (non-hydrogen) atoms. The average Bonchev–Trinajstić information content (AvgIpc) is 3.53. The molecule has 256 valence electrons. The maximum Gasteiger partial charge on any atom is 0.227 e. The van der Waals surface area contributed by atoms with E-state index in [4.69, 9.17) is 17.3 Å². The van der Waals surface area contributed by atoms with Crippen molar-refractivity contribution in [1.29, 1.82) is 0 Å². The highest BCUT2D eigenvalue weighted by Gasteiger charge is 2.39. The number of aryl methyl sites for hydroxylation is 1. The quantitative estimate of drug-likeness (QED) is 0.320. The number of nitrogens with zero attached hydrogens (tertiary/aromatic N) is 3. The smallest absolute Gasteiger partial charge is 0.227 e. The Labute approximate surface area is 283 Å². The second-order valence-corrected chi connectivity index (χ2v) is 15.5. The molecule has 0 aromatic heterocycles. The summed E-state index contributed by atoms with van der Waals surface area (Å²) in [5.74, 6) is -2.51. The van der Waals surface area contributed by atoms with Crippen LogP contribution >= 0.6 is 11.6 Å². The Hall–Kier alpha value is -3.28. The third-order valence-electron chi connectivity index (χ3n) is 9.41. The van der Waals surface area contributed by atoms with E-state index in [0.717, 1.165) is 24.0 Å². The maximum absolute atomic E-state index is 14.1. The minimum atomic E-state index is -3.78. The molecular formula is C35H47ClN4O6S. The number of benzene rings is 2. The van der Waals surface area contributed by atoms with E-state index in [1.807, 2.05) is 6.07 Å². The van der Waals surface area contributed by atoms with Crippen molar-refractivity contribution in [1.82, 2.24) is 14.7 Å². The van der Waals surface area contributed by atoms with Crippen LogP contribution in [0.4, 0.5) is 0 Å². The third kappa shape index (κ3) is 10.4. The number of piperidine rings is 1. The lowest BCUT2D eigenvalue weighted by molar-refractivity contribution is -0.143. The van der Waals surface area contributed by atoms with Crippen molar-refractivity contribution in [2.75, 3.05) is 39.0 Å². The van der Waals surface area contributed by atoms with Gasteiger partial charge in [0, 0.05) is 64.6 Å². The second kappa shape index (κ2) is 16.7. The summed E-state index contributed by atoms with van der Waals surface area (Å²) in [6, 6.07) is 13.5. The summed E-state index contributed by atoms with van der Waals surface area (Å²) in [5, 5.41) is 0.554. The molecule has 2 aliphatic heterocycles. The van der Waals surface area contributed by atoms with Crippen LogP contribution in [-0.4, -0.2) is 91.6 Å². The summed E-state index contributed by atoms with van der Waals surface area (Å²) in [7, 11) is -2.11. The van der Waals surface area contributed by atoms with Crippen molar-refractivity contribution in [2.24, 2.45) is 17.6 Å². The van der Waals surface area contributed by atoms with Gasteiger partial charge in [-0.1, -0.05) is 48.0 Å². The fourth-order valence-corrected chi connectivity index (χ4v) is 8.63. The van der Waals surface area contributed by atoms with Crippen molar-refractivity contribution in [3.8, 4) is 0 Å². The van der Waals surface area contributed by atoms with Crippen LogP contribution in [0.2, 0.25) is 5.02 Å². The molecule has 12 heteroatoms. The lowest BCUT2D eigenvalue weighted by Crippen LogP contribution is -2.47. The number of amides is 3. The number of ketones is 1. The monoisotopic (exact) mass is 686 g/mol. The highest BCUT2D eigenvalue weighted by molar-refractivity contribution is 7.90. The Kier molecular flexibility index (Phi) is 13.0. The molecular weight excluding hydrogens is 640 g/mol. The number of nitrogens with two attached hydrogens (primary N) is 1. The van der Waals surface area contributed by atoms with Crippen molar-refractivity contribution in [3.63, 3.8) is 0 Å². The first-order chi connectivity index (χ1) is 22.4. The molecule has 0 saturated carbocycles. The van der Waals surface area contributed by atoms with E-state index in [1.165, 1.54) is 4.90 Å². The molecule has 2 fully saturated rings. The Morgan fingerprint density at radius 1 is 1.00 bits per heavy atom. The number of sulfone groups is 1. The number of rotatable bonds is 14. The van der Waals surface area contributed by atoms with Gasteiger partial charge in [-0.15, -0.1) is 0 Å². The summed E-state index contributed by atoms with van der Waals surface area (Å²) in [4.78, 5) is 57.7. The first kappa shape index (κ1) is 36.6. The van der Waals surface area contributed by atoms with Gasteiger partial charge in [0.25, 0.3) is 0 Å². The summed E-state index contributed by atoms with van der Waals surface area (Å²) < 4.78 is 26.9. The van der Waals surface area contributed by atoms with Gasteiger partial charge in [0.05, 0.1) is 23.5 Å². The van der Waals surface area contributed by atoms with Crippen LogP contribution in [0.1, 0.15) is 62.1 Å². The van der Waals surface area contributed by atoms with Gasteiger partial charge < -0.3 is 20.4 Å². The highest BCUT2D eigenvalue weighted by Crippen LogP contribution is 2.27. The van der Waals surface area contributed by atoms with Gasteiger partial charge in [-0.05, 0) is 66.8 Å². The molecule has 2 atom stereocenters. The van der Waals surface area contributed by atoms with Gasteiger partial charge in [0.2, 0.25) is 17.7 Å². The predicted octanol–water partition coefficient (Wildman–Crippen LogP) is 3.63. The number of hydrogen-bond donors (Lipinski definition) is 1. The van der Waals surface area contributed by atoms with Crippen LogP contribution in [-0.2, 0) is 47.7 Å². The van der Waals surface area contributed by atoms with Crippen molar-refractivity contribution in [2.45, 2.75) is 70.2 Å². The van der Waals surface area contributed by atoms with Gasteiger partial charge in [0.15, 0.2) is 15.6 Å². The fraction of sp³-hybridized carbons (Fsp3) is 0.543. The van der Waals surface area contributed by atoms with E-state index in [9.17, 15) is 27.6 Å². The fourth-order valence-electron chi connectivity index (χ4n) is 6.75. The minimum absolute atomic E-state index is 0.0365. The number of carbonyl (C=O) groups is 4. The first-order valence-electron chi connectivity index (χ1n) is 16.4. The van der Waals surface area contributed by atoms with Gasteiger partial charge in [-0.2, -0.15) is 0 Å². The lowest BCUT2D eigenvalue weighted by Gasteiger charge is -2.34. The third-order valence-corrected chi connectivity index (χ3v) is 11.3. The molecule has 2 aromatic carbocycles. The molecule has 2 saturated heterocycles. The Morgan fingerprint density at radius 3 is 2.36 bits per heavy atom. The minimum Gasteiger partial charge on any atom is -0.345 e. The normalized spacial score (nSPS) is 17.8. The molecule has 2 N–H and O–H groups in total. The molecule has 3 amide bonds. The van der Waals surface area contributed by atoms with E-state index >= 15 is 0 Å². The van der Waals surface area contributed by atoms with Crippen LogP contribution in [0.5, 0.6) is 0 Å². The molecule has 10 nitrogen and oxygen atoms in total. The van der Waals surface area contributed by atoms with Crippen LogP contribution in [0, 0.1) is 11.8 Å². The zero-order valence-electron chi connectivity index (χ0n) is 27.4. The molecule has 0 unspecified atom stereocenters. The standard InChI is InChI=1S/C35H47ClN4O6S/c1-25(41)39-17-14-26(15-18-39)22-38(2)34(43)20-30(24-47(45,46)23-27-7-4-3-5-8-27)35(44)40-16-6-9-32(40)33(42)13-11-28-19-31(36)12-10-29(28)21-37/h3-5,7-8,10,12,19,26,30,32H,6,9,11,13-18,20-24,37H2,1-2H3/t30-,32-/m0/s1. The van der Waals surface area contributed by atoms with Gasteiger partial charge in [-0.3, -0.25) is 19.2 Å². The van der Waals surface area contributed by atoms with Crippen LogP contribution < -0.4 is 5.73 Å². The van der Waals surface area contributed by atoms with E-state index < -0.39 is 33.5 Å². The van der Waals surface area contributed by atoms with Crippen molar-refractivity contribution < 1.29 is 27.6 Å². The number of Topliss-reactive ketones (excluding diaryl/α,β-unsaturated/α-hetero) is 1. The lowest BCUT2D eigenvalue weighted by atomic mass is 9.95. The van der Waals surface area contributed by atoms with Gasteiger partial charge in [-0.25, -0.2) is 8.42 Å². The van der Waals surface area contributed by atoms with Crippen LogP contribution in [0.25, 0.3) is 0 Å². The molecule has 0 radical (unpaired) electrons. The summed E-state index contributed by atoms with van der Waals surface area (Å²) in [6.45, 7) is 3.92. The van der Waals surface area contributed by atoms with Crippen molar-refractivity contribution >= 4 is 44.9 Å². The predicted molar refractivity (Wildman–Crippen MR) is 182 cm³/mol. The van der Waals surface area contributed by atoms with E-state index in [-0.39, 0.29) is 42.1 Å².